The van der Waals surface area contributed by atoms with E-state index in [1.807, 2.05) is 6.92 Å². The fraction of sp³-hybridized carbons (Fsp3) is 0.688. The molecule has 6 heteroatoms. The first-order chi connectivity index (χ1) is 10.4. The number of furan rings is 1. The van der Waals surface area contributed by atoms with Gasteiger partial charge in [-0.15, -0.1) is 0 Å². The number of hydrogen-bond donors (Lipinski definition) is 1. The van der Waals surface area contributed by atoms with E-state index in [1.165, 1.54) is 0 Å². The van der Waals surface area contributed by atoms with Crippen LogP contribution in [0.15, 0.2) is 10.5 Å². The van der Waals surface area contributed by atoms with Crippen molar-refractivity contribution in [3.8, 4) is 0 Å². The van der Waals surface area contributed by atoms with Crippen molar-refractivity contribution < 1.29 is 14.3 Å². The zero-order chi connectivity index (χ0) is 16.3. The highest BCUT2D eigenvalue weighted by atomic mass is 16.3. The largest absolute Gasteiger partial charge is 0.466 e. The third-order valence-corrected chi connectivity index (χ3v) is 4.17. The summed E-state index contributed by atoms with van der Waals surface area (Å²) in [4.78, 5) is 18.5. The summed E-state index contributed by atoms with van der Waals surface area (Å²) < 4.78 is 5.40. The zero-order valence-electron chi connectivity index (χ0n) is 14.0. The zero-order valence-corrected chi connectivity index (χ0v) is 14.0. The fourth-order valence-corrected chi connectivity index (χ4v) is 2.83. The maximum atomic E-state index is 12.4. The van der Waals surface area contributed by atoms with Crippen molar-refractivity contribution in [2.24, 2.45) is 0 Å². The second-order valence-electron chi connectivity index (χ2n) is 6.27. The number of rotatable bonds is 5. The van der Waals surface area contributed by atoms with E-state index in [0.717, 1.165) is 31.9 Å². The molecule has 1 atom stereocenters. The molecule has 2 heterocycles. The van der Waals surface area contributed by atoms with Crippen LogP contribution in [0.1, 0.15) is 21.9 Å². The molecule has 6 nitrogen and oxygen atoms in total. The van der Waals surface area contributed by atoms with Crippen molar-refractivity contribution in [1.82, 2.24) is 14.7 Å². The van der Waals surface area contributed by atoms with Crippen LogP contribution in [0.2, 0.25) is 0 Å². The van der Waals surface area contributed by atoms with Gasteiger partial charge >= 0.3 is 0 Å². The molecule has 0 aliphatic carbocycles. The van der Waals surface area contributed by atoms with Gasteiger partial charge in [0.2, 0.25) is 0 Å². The molecule has 1 aliphatic rings. The second kappa shape index (κ2) is 7.26. The Bertz CT molecular complexity index is 507. The summed E-state index contributed by atoms with van der Waals surface area (Å²) in [5, 5.41) is 10.2. The lowest BCUT2D eigenvalue weighted by molar-refractivity contribution is 0.0500. The Morgan fingerprint density at radius 1 is 1.36 bits per heavy atom. The number of amides is 1. The Hall–Kier alpha value is -1.37. The van der Waals surface area contributed by atoms with Gasteiger partial charge in [0, 0.05) is 46.3 Å². The normalized spacial score (nSPS) is 18.4. The van der Waals surface area contributed by atoms with Crippen LogP contribution in [0, 0.1) is 13.8 Å². The lowest BCUT2D eigenvalue weighted by Gasteiger charge is -2.34. The first-order valence-electron chi connectivity index (χ1n) is 7.78. The maximum Gasteiger partial charge on any atom is 0.257 e. The molecule has 1 aromatic heterocycles. The van der Waals surface area contributed by atoms with E-state index in [2.05, 4.69) is 16.8 Å². The number of aliphatic hydroxyl groups is 1. The van der Waals surface area contributed by atoms with E-state index in [9.17, 15) is 9.90 Å². The third kappa shape index (κ3) is 4.32. The lowest BCUT2D eigenvalue weighted by atomic mass is 10.2. The SMILES string of the molecule is Cc1cc(C(=O)N(C)CC(O)CN2CCN(C)CC2)c(C)o1. The smallest absolute Gasteiger partial charge is 0.257 e. The molecule has 0 bridgehead atoms. The van der Waals surface area contributed by atoms with Gasteiger partial charge in [0.25, 0.3) is 5.91 Å². The number of aryl methyl sites for hydroxylation is 2. The standard InChI is InChI=1S/C16H27N3O3/c1-12-9-15(13(2)22-12)16(21)18(4)10-14(20)11-19-7-5-17(3)6-8-19/h9,14,20H,5-8,10-11H2,1-4H3. The van der Waals surface area contributed by atoms with Crippen LogP contribution in [0.4, 0.5) is 0 Å². The molecular formula is C16H27N3O3. The van der Waals surface area contributed by atoms with Crippen LogP contribution in [-0.2, 0) is 0 Å². The molecule has 22 heavy (non-hydrogen) atoms. The summed E-state index contributed by atoms with van der Waals surface area (Å²) in [6.07, 6.45) is -0.536. The summed E-state index contributed by atoms with van der Waals surface area (Å²) in [7, 11) is 3.83. The highest BCUT2D eigenvalue weighted by Gasteiger charge is 2.22. The van der Waals surface area contributed by atoms with Gasteiger partial charge in [-0.3, -0.25) is 9.69 Å². The molecule has 1 aromatic rings. The monoisotopic (exact) mass is 309 g/mol. The van der Waals surface area contributed by atoms with Gasteiger partial charge in [-0.1, -0.05) is 0 Å². The Morgan fingerprint density at radius 3 is 2.55 bits per heavy atom. The van der Waals surface area contributed by atoms with E-state index in [4.69, 9.17) is 4.42 Å². The average Bonchev–Trinajstić information content (AvgIpc) is 2.79. The highest BCUT2D eigenvalue weighted by Crippen LogP contribution is 2.15. The maximum absolute atomic E-state index is 12.4. The number of hydrogen-bond acceptors (Lipinski definition) is 5. The van der Waals surface area contributed by atoms with E-state index in [1.54, 1.807) is 24.9 Å². The third-order valence-electron chi connectivity index (χ3n) is 4.17. The molecule has 2 rings (SSSR count). The number of carbonyl (C=O) groups excluding carboxylic acids is 1. The molecule has 1 fully saturated rings. The molecule has 0 spiro atoms. The highest BCUT2D eigenvalue weighted by molar-refractivity contribution is 5.95. The van der Waals surface area contributed by atoms with Crippen LogP contribution < -0.4 is 0 Å². The molecule has 0 saturated carbocycles. The number of nitrogens with zero attached hydrogens (tertiary/aromatic N) is 3. The molecule has 1 aliphatic heterocycles. The van der Waals surface area contributed by atoms with Crippen molar-refractivity contribution in [1.29, 1.82) is 0 Å². The van der Waals surface area contributed by atoms with E-state index in [0.29, 0.717) is 24.4 Å². The van der Waals surface area contributed by atoms with Crippen LogP contribution in [-0.4, -0.2) is 85.2 Å². The van der Waals surface area contributed by atoms with Crippen LogP contribution in [0.3, 0.4) is 0 Å². The van der Waals surface area contributed by atoms with E-state index >= 15 is 0 Å². The molecule has 0 aromatic carbocycles. The molecule has 1 unspecified atom stereocenters. The van der Waals surface area contributed by atoms with Gasteiger partial charge in [-0.05, 0) is 27.0 Å². The first-order valence-corrected chi connectivity index (χ1v) is 7.78. The average molecular weight is 309 g/mol. The van der Waals surface area contributed by atoms with Gasteiger partial charge in [0.15, 0.2) is 0 Å². The number of carbonyl (C=O) groups is 1. The van der Waals surface area contributed by atoms with Crippen molar-refractivity contribution in [3.05, 3.63) is 23.2 Å². The van der Waals surface area contributed by atoms with Crippen molar-refractivity contribution in [3.63, 3.8) is 0 Å². The van der Waals surface area contributed by atoms with Gasteiger partial charge in [0.05, 0.1) is 11.7 Å². The Labute approximate surface area is 132 Å². The Kier molecular flexibility index (Phi) is 5.61. The van der Waals surface area contributed by atoms with Crippen LogP contribution in [0.5, 0.6) is 0 Å². The summed E-state index contributed by atoms with van der Waals surface area (Å²) in [5.41, 5.74) is 0.576. The van der Waals surface area contributed by atoms with Gasteiger partial charge in [0.1, 0.15) is 11.5 Å². The van der Waals surface area contributed by atoms with Crippen molar-refractivity contribution in [2.45, 2.75) is 20.0 Å². The summed E-state index contributed by atoms with van der Waals surface area (Å²) in [5.74, 6) is 1.25. The molecule has 124 valence electrons. The number of piperazine rings is 1. The number of aliphatic hydroxyl groups excluding tert-OH is 1. The Balaban J connectivity index is 1.84. The molecule has 1 N–H and O–H groups in total. The molecule has 1 amide bonds. The molecule has 1 saturated heterocycles. The van der Waals surface area contributed by atoms with Gasteiger partial charge < -0.3 is 19.3 Å². The van der Waals surface area contributed by atoms with E-state index in [-0.39, 0.29) is 5.91 Å². The van der Waals surface area contributed by atoms with Crippen LogP contribution >= 0.6 is 0 Å². The van der Waals surface area contributed by atoms with Crippen molar-refractivity contribution >= 4 is 5.91 Å². The van der Waals surface area contributed by atoms with Crippen molar-refractivity contribution in [2.75, 3.05) is 53.4 Å². The van der Waals surface area contributed by atoms with E-state index < -0.39 is 6.10 Å². The van der Waals surface area contributed by atoms with Gasteiger partial charge in [-0.2, -0.15) is 0 Å². The van der Waals surface area contributed by atoms with Crippen LogP contribution in [0.25, 0.3) is 0 Å². The molecule has 0 radical (unpaired) electrons. The summed E-state index contributed by atoms with van der Waals surface area (Å²) >= 11 is 0. The minimum absolute atomic E-state index is 0.105. The lowest BCUT2D eigenvalue weighted by Crippen LogP contribution is -2.49. The number of β-amino-alcohol motifs (C(OH)–C–C–N with tert-alkyl or cyclic N) is 1. The predicted molar refractivity (Wildman–Crippen MR) is 85.1 cm³/mol. The summed E-state index contributed by atoms with van der Waals surface area (Å²) in [6.45, 7) is 8.52. The summed E-state index contributed by atoms with van der Waals surface area (Å²) in [6, 6.07) is 1.75. The Morgan fingerprint density at radius 2 is 2.00 bits per heavy atom. The predicted octanol–water partition coefficient (Wildman–Crippen LogP) is 0.577. The van der Waals surface area contributed by atoms with Gasteiger partial charge in [-0.25, -0.2) is 0 Å². The first kappa shape index (κ1) is 17.0. The quantitative estimate of drug-likeness (QED) is 0.862. The fourth-order valence-electron chi connectivity index (χ4n) is 2.83. The number of likely N-dealkylation sites (N-methyl/N-ethyl adjacent to an activating group) is 2. The minimum atomic E-state index is -0.536. The topological polar surface area (TPSA) is 60.2 Å². The molecular weight excluding hydrogens is 282 g/mol. The second-order valence-corrected chi connectivity index (χ2v) is 6.27. The minimum Gasteiger partial charge on any atom is -0.466 e.